The minimum Gasteiger partial charge on any atom is -0.501 e. The molecule has 0 aliphatic heterocycles. The Morgan fingerprint density at radius 3 is 2.03 bits per heavy atom. The summed E-state index contributed by atoms with van der Waals surface area (Å²) in [5, 5.41) is 5.24. The first kappa shape index (κ1) is 50.3. The second-order valence-electron chi connectivity index (χ2n) is 24.8. The van der Waals surface area contributed by atoms with Gasteiger partial charge in [-0.3, -0.25) is 4.98 Å². The molecular formula is C71H70IrN4O2-2. The van der Waals surface area contributed by atoms with Gasteiger partial charge in [0.25, 0.3) is 0 Å². The normalized spacial score (nSPS) is 13.1. The molecule has 0 unspecified atom stereocenters. The van der Waals surface area contributed by atoms with Gasteiger partial charge in [-0.05, 0) is 127 Å². The van der Waals surface area contributed by atoms with Crippen LogP contribution in [0, 0.1) is 24.4 Å². The van der Waals surface area contributed by atoms with Crippen molar-refractivity contribution in [3.8, 4) is 39.5 Å². The van der Waals surface area contributed by atoms with Crippen LogP contribution in [0.15, 0.2) is 155 Å². The third-order valence-electron chi connectivity index (χ3n) is 14.7. The van der Waals surface area contributed by atoms with E-state index in [0.29, 0.717) is 44.8 Å². The van der Waals surface area contributed by atoms with Gasteiger partial charge in [0.2, 0.25) is 5.89 Å². The minimum absolute atomic E-state index is 0. The standard InChI is InChI=1S/C56H54N3O2.C15H16N.Ir/c1-31(2)40-27-38(35-15-13-12-14-16-35)28-41(32(3)4)50(40)59-51-43-25-34(30-55(6,7)8)18-19-36(43)20-23-45(51)57-53(59)39-22-17-33(5)48-44-26-37-21-24-46-49(58-54(61-46)56(9,10)11)42(37)29-47(44)60-52(39)48;1-15(2,3)13-9-10-16-14(11-13)12-7-5-4-6-8-12;/h12-21,23-29,31-32H,30H2,1-11H3;4-7,9-11H,1-3H3;/q2*-1;/i5D3;;. The molecule has 0 aliphatic rings. The van der Waals surface area contributed by atoms with Crippen molar-refractivity contribution in [2.24, 2.45) is 5.41 Å². The van der Waals surface area contributed by atoms with Crippen LogP contribution in [0.25, 0.3) is 105 Å². The number of rotatable bonds is 7. The predicted molar refractivity (Wildman–Crippen MR) is 323 cm³/mol. The van der Waals surface area contributed by atoms with Gasteiger partial charge in [-0.15, -0.1) is 53.6 Å². The molecule has 0 N–H and O–H groups in total. The van der Waals surface area contributed by atoms with E-state index in [0.717, 1.165) is 72.6 Å². The fourth-order valence-corrected chi connectivity index (χ4v) is 10.8. The Balaban J connectivity index is 0.000000373. The summed E-state index contributed by atoms with van der Waals surface area (Å²) in [6.45, 7) is 26.3. The Hall–Kier alpha value is -7.18. The van der Waals surface area contributed by atoms with E-state index in [1.807, 2.05) is 54.7 Å². The summed E-state index contributed by atoms with van der Waals surface area (Å²) in [5.41, 5.74) is 15.3. The fraction of sp³-hybridized carbons (Fsp3) is 0.282. The van der Waals surface area contributed by atoms with E-state index >= 15 is 0 Å². The molecular weight excluding hydrogens is 1130 g/mol. The number of furan rings is 1. The van der Waals surface area contributed by atoms with Gasteiger partial charge in [0.05, 0.1) is 22.4 Å². The number of hydrogen-bond donors (Lipinski definition) is 0. The maximum Gasteiger partial charge on any atom is 0.200 e. The summed E-state index contributed by atoms with van der Waals surface area (Å²) in [7, 11) is 0. The summed E-state index contributed by atoms with van der Waals surface area (Å²) < 4.78 is 41.9. The maximum atomic E-state index is 8.78. The number of aromatic nitrogens is 4. The van der Waals surface area contributed by atoms with Crippen LogP contribution in [0.5, 0.6) is 0 Å². The average molecular weight is 1210 g/mol. The van der Waals surface area contributed by atoms with Crippen LogP contribution in [-0.4, -0.2) is 19.5 Å². The number of fused-ring (bicyclic) bond motifs is 9. The molecule has 0 amide bonds. The van der Waals surface area contributed by atoms with Crippen LogP contribution >= 0.6 is 0 Å². The molecule has 12 rings (SSSR count). The number of benzene rings is 8. The van der Waals surface area contributed by atoms with E-state index in [2.05, 4.69) is 197 Å². The molecule has 6 nitrogen and oxygen atoms in total. The van der Waals surface area contributed by atoms with Crippen LogP contribution in [0.3, 0.4) is 0 Å². The molecule has 0 bridgehead atoms. The molecule has 0 spiro atoms. The Morgan fingerprint density at radius 1 is 0.641 bits per heavy atom. The van der Waals surface area contributed by atoms with Crippen molar-refractivity contribution in [2.45, 2.75) is 126 Å². The second kappa shape index (κ2) is 20.6. The van der Waals surface area contributed by atoms with Crippen molar-refractivity contribution < 1.29 is 33.1 Å². The summed E-state index contributed by atoms with van der Waals surface area (Å²) in [6.07, 6.45) is 2.79. The van der Waals surface area contributed by atoms with E-state index in [9.17, 15) is 0 Å². The minimum atomic E-state index is -2.45. The van der Waals surface area contributed by atoms with Crippen LogP contribution in [0.4, 0.5) is 0 Å². The van der Waals surface area contributed by atoms with Gasteiger partial charge in [0.15, 0.2) is 5.58 Å². The van der Waals surface area contributed by atoms with E-state index in [-0.39, 0.29) is 53.7 Å². The quantitative estimate of drug-likeness (QED) is 0.149. The van der Waals surface area contributed by atoms with Gasteiger partial charge in [0, 0.05) is 57.7 Å². The first-order valence-electron chi connectivity index (χ1n) is 28.6. The summed E-state index contributed by atoms with van der Waals surface area (Å²) >= 11 is 0. The van der Waals surface area contributed by atoms with Crippen molar-refractivity contribution in [3.05, 3.63) is 192 Å². The number of hydrogen-bond acceptors (Lipinski definition) is 5. The number of imidazole rings is 1. The number of oxazole rings is 1. The zero-order chi connectivity index (χ0) is 56.8. The third-order valence-corrected chi connectivity index (χ3v) is 14.7. The number of pyridine rings is 1. The molecule has 0 fully saturated rings. The van der Waals surface area contributed by atoms with Gasteiger partial charge in [-0.1, -0.05) is 168 Å². The SMILES string of the molecule is CC(C)(C)c1ccnc(-c2[c-]cccc2)c1.[2H]C([2H])([2H])c1c[c-]c(-c2nc3ccc4ccc(CC(C)(C)C)cc4c3n2-c2c(C(C)C)cc(-c3ccccc3)cc2C(C)C)c2oc3cc4c(ccc5oc(C(C)(C)C)nc54)cc3c12.[Ir]. The molecule has 7 heteroatoms. The molecule has 0 saturated heterocycles. The molecule has 397 valence electrons. The average Bonchev–Trinajstić information content (AvgIpc) is 4.37. The summed E-state index contributed by atoms with van der Waals surface area (Å²) in [4.78, 5) is 14.9. The van der Waals surface area contributed by atoms with Crippen molar-refractivity contribution in [1.82, 2.24) is 19.5 Å². The maximum absolute atomic E-state index is 8.78. The van der Waals surface area contributed by atoms with E-state index in [4.69, 9.17) is 22.9 Å². The zero-order valence-electron chi connectivity index (χ0n) is 50.2. The second-order valence-corrected chi connectivity index (χ2v) is 24.8. The van der Waals surface area contributed by atoms with Gasteiger partial charge < -0.3 is 18.4 Å². The molecule has 0 aliphatic carbocycles. The molecule has 4 heterocycles. The summed E-state index contributed by atoms with van der Waals surface area (Å²) in [5.74, 6) is 1.57. The molecule has 0 atom stereocenters. The van der Waals surface area contributed by atoms with Crippen LogP contribution < -0.4 is 0 Å². The van der Waals surface area contributed by atoms with Gasteiger partial charge >= 0.3 is 0 Å². The Labute approximate surface area is 477 Å². The van der Waals surface area contributed by atoms with E-state index in [1.165, 1.54) is 22.3 Å². The molecule has 4 aromatic heterocycles. The summed E-state index contributed by atoms with van der Waals surface area (Å²) in [6, 6.07) is 54.8. The van der Waals surface area contributed by atoms with Crippen LogP contribution in [0.2, 0.25) is 0 Å². The molecule has 1 radical (unpaired) electrons. The largest absolute Gasteiger partial charge is 0.501 e. The van der Waals surface area contributed by atoms with Crippen LogP contribution in [-0.2, 0) is 37.4 Å². The third kappa shape index (κ3) is 10.2. The van der Waals surface area contributed by atoms with Crippen molar-refractivity contribution in [3.63, 3.8) is 0 Å². The first-order valence-corrected chi connectivity index (χ1v) is 27.1. The number of aryl methyl sites for hydroxylation is 1. The Kier molecular flexibility index (Phi) is 13.3. The van der Waals surface area contributed by atoms with Crippen LogP contribution in [0.1, 0.15) is 140 Å². The Morgan fingerprint density at radius 2 is 1.36 bits per heavy atom. The molecule has 12 aromatic rings. The van der Waals surface area contributed by atoms with Gasteiger partial charge in [-0.2, -0.15) is 0 Å². The Bertz CT molecular complexity index is 4290. The van der Waals surface area contributed by atoms with E-state index < -0.39 is 6.85 Å². The first-order chi connectivity index (χ1) is 37.8. The topological polar surface area (TPSA) is 69.9 Å². The monoisotopic (exact) mass is 1210 g/mol. The van der Waals surface area contributed by atoms with Crippen molar-refractivity contribution in [2.75, 3.05) is 0 Å². The smallest absolute Gasteiger partial charge is 0.200 e. The molecule has 8 aromatic carbocycles. The van der Waals surface area contributed by atoms with E-state index in [1.54, 1.807) is 6.07 Å². The van der Waals surface area contributed by atoms with Gasteiger partial charge in [0.1, 0.15) is 11.1 Å². The van der Waals surface area contributed by atoms with Gasteiger partial charge in [-0.25, -0.2) is 4.98 Å². The molecule has 0 saturated carbocycles. The zero-order valence-corrected chi connectivity index (χ0v) is 49.6. The van der Waals surface area contributed by atoms with Crippen molar-refractivity contribution in [1.29, 1.82) is 0 Å². The van der Waals surface area contributed by atoms with Crippen molar-refractivity contribution >= 4 is 65.6 Å². The fourth-order valence-electron chi connectivity index (χ4n) is 10.8. The predicted octanol–water partition coefficient (Wildman–Crippen LogP) is 19.8. The molecule has 78 heavy (non-hydrogen) atoms. The number of nitrogens with zero attached hydrogens (tertiary/aromatic N) is 4.